The first-order valence-electron chi connectivity index (χ1n) is 4.99. The van der Waals surface area contributed by atoms with Gasteiger partial charge in [-0.15, -0.1) is 0 Å². The molecule has 0 spiro atoms. The number of aliphatic carboxylic acids is 1. The zero-order valence-corrected chi connectivity index (χ0v) is 8.29. The molecule has 0 amide bonds. The Morgan fingerprint density at radius 2 is 1.85 bits per heavy atom. The second-order valence-corrected chi connectivity index (χ2v) is 3.99. The lowest BCUT2D eigenvalue weighted by Gasteiger charge is -2.27. The van der Waals surface area contributed by atoms with Crippen LogP contribution >= 0.6 is 0 Å². The SMILES string of the molecule is CCC(CC)C1(C(O)C(=O)O)CC1. The second kappa shape index (κ2) is 3.66. The summed E-state index contributed by atoms with van der Waals surface area (Å²) < 4.78 is 0. The number of rotatable bonds is 5. The lowest BCUT2D eigenvalue weighted by molar-refractivity contribution is -0.152. The zero-order valence-electron chi connectivity index (χ0n) is 8.29. The molecule has 1 rings (SSSR count). The van der Waals surface area contributed by atoms with Crippen LogP contribution in [0.2, 0.25) is 0 Å². The molecule has 0 aliphatic heterocycles. The zero-order chi connectivity index (χ0) is 10.1. The van der Waals surface area contributed by atoms with Crippen molar-refractivity contribution in [1.29, 1.82) is 0 Å². The van der Waals surface area contributed by atoms with Gasteiger partial charge in [-0.2, -0.15) is 0 Å². The molecule has 3 heteroatoms. The summed E-state index contributed by atoms with van der Waals surface area (Å²) >= 11 is 0. The Morgan fingerprint density at radius 3 is 2.08 bits per heavy atom. The molecule has 0 bridgehead atoms. The summed E-state index contributed by atoms with van der Waals surface area (Å²) in [5, 5.41) is 18.3. The van der Waals surface area contributed by atoms with Crippen LogP contribution in [0.1, 0.15) is 39.5 Å². The molecule has 0 heterocycles. The summed E-state index contributed by atoms with van der Waals surface area (Å²) in [6, 6.07) is 0. The van der Waals surface area contributed by atoms with E-state index in [9.17, 15) is 9.90 Å². The molecule has 1 saturated carbocycles. The number of aliphatic hydroxyl groups is 1. The Hall–Kier alpha value is -0.570. The van der Waals surface area contributed by atoms with E-state index in [1.807, 2.05) is 0 Å². The Labute approximate surface area is 78.8 Å². The number of carboxylic acids is 1. The van der Waals surface area contributed by atoms with E-state index in [2.05, 4.69) is 13.8 Å². The standard InChI is InChI=1S/C10H18O3/c1-3-7(4-2)10(5-6-10)8(11)9(12)13/h7-8,11H,3-6H2,1-2H3,(H,12,13). The molecule has 1 aliphatic rings. The molecule has 1 unspecified atom stereocenters. The summed E-state index contributed by atoms with van der Waals surface area (Å²) in [5.41, 5.74) is -0.296. The average molecular weight is 186 g/mol. The van der Waals surface area contributed by atoms with Crippen molar-refractivity contribution in [3.63, 3.8) is 0 Å². The summed E-state index contributed by atoms with van der Waals surface area (Å²) in [6.45, 7) is 4.12. The molecule has 76 valence electrons. The highest BCUT2D eigenvalue weighted by molar-refractivity contribution is 5.73. The molecule has 1 fully saturated rings. The van der Waals surface area contributed by atoms with Gasteiger partial charge in [0, 0.05) is 5.41 Å². The number of carboxylic acid groups (broad SMARTS) is 1. The molecule has 0 aromatic carbocycles. The average Bonchev–Trinajstić information content (AvgIpc) is 2.87. The van der Waals surface area contributed by atoms with Crippen LogP contribution < -0.4 is 0 Å². The Kier molecular flexibility index (Phi) is 2.96. The summed E-state index contributed by atoms with van der Waals surface area (Å²) in [6.07, 6.45) is 2.50. The van der Waals surface area contributed by atoms with E-state index in [4.69, 9.17) is 5.11 Å². The molecule has 0 saturated heterocycles. The van der Waals surface area contributed by atoms with E-state index in [0.717, 1.165) is 25.7 Å². The molecule has 0 aromatic heterocycles. The van der Waals surface area contributed by atoms with Gasteiger partial charge < -0.3 is 10.2 Å². The van der Waals surface area contributed by atoms with E-state index < -0.39 is 12.1 Å². The van der Waals surface area contributed by atoms with Crippen LogP contribution in [0.15, 0.2) is 0 Å². The van der Waals surface area contributed by atoms with E-state index in [0.29, 0.717) is 5.92 Å². The van der Waals surface area contributed by atoms with Crippen molar-refractivity contribution < 1.29 is 15.0 Å². The third-order valence-corrected chi connectivity index (χ3v) is 3.40. The first-order valence-corrected chi connectivity index (χ1v) is 4.99. The Bertz CT molecular complexity index is 192. The van der Waals surface area contributed by atoms with Crippen molar-refractivity contribution in [2.75, 3.05) is 0 Å². The van der Waals surface area contributed by atoms with Crippen LogP contribution in [0.3, 0.4) is 0 Å². The van der Waals surface area contributed by atoms with Crippen LogP contribution in [0.5, 0.6) is 0 Å². The van der Waals surface area contributed by atoms with Gasteiger partial charge in [0.25, 0.3) is 0 Å². The highest BCUT2D eigenvalue weighted by Crippen LogP contribution is 2.56. The fourth-order valence-electron chi connectivity index (χ4n) is 2.40. The van der Waals surface area contributed by atoms with Crippen LogP contribution in [0, 0.1) is 11.3 Å². The molecular formula is C10H18O3. The Balaban J connectivity index is 2.69. The van der Waals surface area contributed by atoms with Gasteiger partial charge in [0.1, 0.15) is 0 Å². The molecule has 2 N–H and O–H groups in total. The minimum absolute atomic E-state index is 0.296. The molecule has 3 nitrogen and oxygen atoms in total. The van der Waals surface area contributed by atoms with Gasteiger partial charge >= 0.3 is 5.97 Å². The van der Waals surface area contributed by atoms with E-state index in [1.54, 1.807) is 0 Å². The smallest absolute Gasteiger partial charge is 0.333 e. The van der Waals surface area contributed by atoms with E-state index in [1.165, 1.54) is 0 Å². The minimum Gasteiger partial charge on any atom is -0.479 e. The normalized spacial score (nSPS) is 21.5. The lowest BCUT2D eigenvalue weighted by Crippen LogP contribution is -2.35. The number of aliphatic hydroxyl groups excluding tert-OH is 1. The summed E-state index contributed by atoms with van der Waals surface area (Å²) in [7, 11) is 0. The van der Waals surface area contributed by atoms with Crippen molar-refractivity contribution in [3.8, 4) is 0 Å². The van der Waals surface area contributed by atoms with Gasteiger partial charge in [-0.05, 0) is 18.8 Å². The number of hydrogen-bond acceptors (Lipinski definition) is 2. The largest absolute Gasteiger partial charge is 0.479 e. The quantitative estimate of drug-likeness (QED) is 0.686. The van der Waals surface area contributed by atoms with Crippen molar-refractivity contribution in [1.82, 2.24) is 0 Å². The molecule has 1 aliphatic carbocycles. The molecule has 1 atom stereocenters. The first kappa shape index (κ1) is 10.5. The van der Waals surface area contributed by atoms with Gasteiger partial charge in [-0.25, -0.2) is 4.79 Å². The second-order valence-electron chi connectivity index (χ2n) is 3.99. The topological polar surface area (TPSA) is 57.5 Å². The first-order chi connectivity index (χ1) is 6.08. The van der Waals surface area contributed by atoms with Crippen LogP contribution in [0.4, 0.5) is 0 Å². The highest BCUT2D eigenvalue weighted by atomic mass is 16.4. The Morgan fingerprint density at radius 1 is 1.38 bits per heavy atom. The molecule has 13 heavy (non-hydrogen) atoms. The molecule has 0 aromatic rings. The predicted octanol–water partition coefficient (Wildman–Crippen LogP) is 1.65. The number of hydrogen-bond donors (Lipinski definition) is 2. The highest BCUT2D eigenvalue weighted by Gasteiger charge is 2.55. The maximum Gasteiger partial charge on any atom is 0.333 e. The van der Waals surface area contributed by atoms with Crippen molar-refractivity contribution in [2.24, 2.45) is 11.3 Å². The molecular weight excluding hydrogens is 168 g/mol. The third-order valence-electron chi connectivity index (χ3n) is 3.40. The monoisotopic (exact) mass is 186 g/mol. The third kappa shape index (κ3) is 1.70. The lowest BCUT2D eigenvalue weighted by atomic mass is 9.80. The van der Waals surface area contributed by atoms with Crippen molar-refractivity contribution in [3.05, 3.63) is 0 Å². The van der Waals surface area contributed by atoms with E-state index in [-0.39, 0.29) is 5.41 Å². The van der Waals surface area contributed by atoms with Crippen molar-refractivity contribution >= 4 is 5.97 Å². The predicted molar refractivity (Wildman–Crippen MR) is 49.4 cm³/mol. The van der Waals surface area contributed by atoms with Gasteiger partial charge in [0.2, 0.25) is 0 Å². The van der Waals surface area contributed by atoms with Gasteiger partial charge in [0.15, 0.2) is 6.10 Å². The summed E-state index contributed by atoms with van der Waals surface area (Å²) in [5.74, 6) is -0.706. The molecule has 0 radical (unpaired) electrons. The van der Waals surface area contributed by atoms with Crippen LogP contribution in [-0.2, 0) is 4.79 Å². The van der Waals surface area contributed by atoms with E-state index >= 15 is 0 Å². The van der Waals surface area contributed by atoms with Crippen LogP contribution in [0.25, 0.3) is 0 Å². The van der Waals surface area contributed by atoms with Gasteiger partial charge in [-0.3, -0.25) is 0 Å². The number of carbonyl (C=O) groups is 1. The minimum atomic E-state index is -1.16. The fraction of sp³-hybridized carbons (Fsp3) is 0.900. The van der Waals surface area contributed by atoms with Crippen molar-refractivity contribution in [2.45, 2.75) is 45.6 Å². The maximum absolute atomic E-state index is 10.7. The fourth-order valence-corrected chi connectivity index (χ4v) is 2.40. The van der Waals surface area contributed by atoms with Crippen LogP contribution in [-0.4, -0.2) is 22.3 Å². The summed E-state index contributed by atoms with van der Waals surface area (Å²) in [4.78, 5) is 10.7. The van der Waals surface area contributed by atoms with Gasteiger partial charge in [-0.1, -0.05) is 26.7 Å². The maximum atomic E-state index is 10.7. The van der Waals surface area contributed by atoms with Gasteiger partial charge in [0.05, 0.1) is 0 Å².